The van der Waals surface area contributed by atoms with Crippen LogP contribution >= 0.6 is 0 Å². The number of ether oxygens (including phenoxy) is 1. The average Bonchev–Trinajstić information content (AvgIpc) is 2.52. The van der Waals surface area contributed by atoms with E-state index in [1.165, 1.54) is 18.2 Å². The first-order valence-corrected chi connectivity index (χ1v) is 8.66. The predicted molar refractivity (Wildman–Crippen MR) is 89.4 cm³/mol. The number of hydrogen-bond donors (Lipinski definition) is 1. The number of rotatable bonds is 4. The van der Waals surface area contributed by atoms with E-state index in [9.17, 15) is 13.2 Å². The van der Waals surface area contributed by atoms with E-state index in [1.54, 1.807) is 24.3 Å². The van der Waals surface area contributed by atoms with E-state index in [0.29, 0.717) is 11.3 Å². The van der Waals surface area contributed by atoms with Crippen molar-refractivity contribution in [1.82, 2.24) is 0 Å². The lowest BCUT2D eigenvalue weighted by atomic mass is 10.1. The molecular formula is C17H15NO5S. The van der Waals surface area contributed by atoms with Crippen LogP contribution in [-0.2, 0) is 16.6 Å². The van der Waals surface area contributed by atoms with Gasteiger partial charge in [0.2, 0.25) is 10.0 Å². The zero-order chi connectivity index (χ0) is 17.3. The van der Waals surface area contributed by atoms with Gasteiger partial charge in [0.15, 0.2) is 0 Å². The smallest absolute Gasteiger partial charge is 0.336 e. The van der Waals surface area contributed by atoms with Crippen molar-refractivity contribution in [2.24, 2.45) is 5.14 Å². The molecular weight excluding hydrogens is 330 g/mol. The van der Waals surface area contributed by atoms with E-state index in [0.717, 1.165) is 16.5 Å². The SMILES string of the molecule is Cc1cc(=O)oc2cc(OCc3ccc(S(N)(=O)=O)cc3)ccc12. The maximum Gasteiger partial charge on any atom is 0.336 e. The molecule has 0 unspecified atom stereocenters. The summed E-state index contributed by atoms with van der Waals surface area (Å²) in [5, 5.41) is 5.90. The molecule has 0 aliphatic rings. The number of benzene rings is 2. The van der Waals surface area contributed by atoms with Crippen LogP contribution in [0.2, 0.25) is 0 Å². The van der Waals surface area contributed by atoms with Crippen LogP contribution in [0, 0.1) is 6.92 Å². The van der Waals surface area contributed by atoms with Gasteiger partial charge in [-0.15, -0.1) is 0 Å². The second-order valence-electron chi connectivity index (χ2n) is 5.38. The second kappa shape index (κ2) is 6.10. The molecule has 24 heavy (non-hydrogen) atoms. The van der Waals surface area contributed by atoms with Crippen molar-refractivity contribution in [3.05, 3.63) is 70.1 Å². The minimum Gasteiger partial charge on any atom is -0.489 e. The molecule has 0 aliphatic carbocycles. The highest BCUT2D eigenvalue weighted by Crippen LogP contribution is 2.23. The Balaban J connectivity index is 1.79. The summed E-state index contributed by atoms with van der Waals surface area (Å²) >= 11 is 0. The lowest BCUT2D eigenvalue weighted by molar-refractivity contribution is 0.306. The first-order chi connectivity index (χ1) is 11.3. The molecule has 0 radical (unpaired) electrons. The van der Waals surface area contributed by atoms with Crippen molar-refractivity contribution in [3.8, 4) is 5.75 Å². The Kier molecular flexibility index (Phi) is 4.13. The van der Waals surface area contributed by atoms with Gasteiger partial charge in [0.25, 0.3) is 0 Å². The summed E-state index contributed by atoms with van der Waals surface area (Å²) in [5.74, 6) is 0.548. The van der Waals surface area contributed by atoms with Crippen LogP contribution in [-0.4, -0.2) is 8.42 Å². The van der Waals surface area contributed by atoms with Gasteiger partial charge >= 0.3 is 5.63 Å². The van der Waals surface area contributed by atoms with Crippen molar-refractivity contribution < 1.29 is 17.6 Å². The molecule has 3 aromatic rings. The van der Waals surface area contributed by atoms with Gasteiger partial charge in [0, 0.05) is 17.5 Å². The molecule has 0 saturated carbocycles. The Hall–Kier alpha value is -2.64. The molecule has 6 nitrogen and oxygen atoms in total. The molecule has 0 fully saturated rings. The fourth-order valence-electron chi connectivity index (χ4n) is 2.34. The summed E-state index contributed by atoms with van der Waals surface area (Å²) in [6.45, 7) is 2.08. The Labute approximate surface area is 138 Å². The number of hydrogen-bond acceptors (Lipinski definition) is 5. The summed E-state index contributed by atoms with van der Waals surface area (Å²) < 4.78 is 33.3. The zero-order valence-electron chi connectivity index (χ0n) is 12.9. The third-order valence-corrected chi connectivity index (χ3v) is 4.51. The van der Waals surface area contributed by atoms with E-state index in [4.69, 9.17) is 14.3 Å². The van der Waals surface area contributed by atoms with E-state index in [1.807, 2.05) is 13.0 Å². The lowest BCUT2D eigenvalue weighted by Gasteiger charge is -2.08. The maximum atomic E-state index is 11.4. The maximum absolute atomic E-state index is 11.4. The zero-order valence-corrected chi connectivity index (χ0v) is 13.7. The topological polar surface area (TPSA) is 99.6 Å². The van der Waals surface area contributed by atoms with E-state index >= 15 is 0 Å². The van der Waals surface area contributed by atoms with Crippen LogP contribution in [0.25, 0.3) is 11.0 Å². The van der Waals surface area contributed by atoms with Gasteiger partial charge in [-0.05, 0) is 42.3 Å². The summed E-state index contributed by atoms with van der Waals surface area (Å²) in [4.78, 5) is 11.5. The molecule has 0 spiro atoms. The van der Waals surface area contributed by atoms with Crippen LogP contribution in [0.3, 0.4) is 0 Å². The molecule has 0 aliphatic heterocycles. The van der Waals surface area contributed by atoms with Gasteiger partial charge in [-0.1, -0.05) is 12.1 Å². The number of nitrogens with two attached hydrogens (primary N) is 1. The van der Waals surface area contributed by atoms with Crippen LogP contribution in [0.1, 0.15) is 11.1 Å². The number of primary sulfonamides is 1. The summed E-state index contributed by atoms with van der Waals surface area (Å²) in [6, 6.07) is 12.8. The van der Waals surface area contributed by atoms with E-state index < -0.39 is 15.6 Å². The van der Waals surface area contributed by atoms with E-state index in [-0.39, 0.29) is 11.5 Å². The minimum atomic E-state index is -3.70. The van der Waals surface area contributed by atoms with Gasteiger partial charge in [-0.25, -0.2) is 18.4 Å². The molecule has 0 amide bonds. The van der Waals surface area contributed by atoms with Crippen LogP contribution < -0.4 is 15.5 Å². The van der Waals surface area contributed by atoms with Gasteiger partial charge in [0.1, 0.15) is 17.9 Å². The number of aryl methyl sites for hydroxylation is 1. The lowest BCUT2D eigenvalue weighted by Crippen LogP contribution is -2.12. The third-order valence-electron chi connectivity index (χ3n) is 3.58. The highest BCUT2D eigenvalue weighted by molar-refractivity contribution is 7.89. The van der Waals surface area contributed by atoms with Crippen molar-refractivity contribution >= 4 is 21.0 Å². The average molecular weight is 345 g/mol. The molecule has 1 heterocycles. The molecule has 0 atom stereocenters. The molecule has 2 aromatic carbocycles. The highest BCUT2D eigenvalue weighted by atomic mass is 32.2. The number of fused-ring (bicyclic) bond motifs is 1. The van der Waals surface area contributed by atoms with Crippen LogP contribution in [0.5, 0.6) is 5.75 Å². The van der Waals surface area contributed by atoms with Gasteiger partial charge in [-0.3, -0.25) is 0 Å². The third kappa shape index (κ3) is 3.47. The van der Waals surface area contributed by atoms with Crippen molar-refractivity contribution in [1.29, 1.82) is 0 Å². The van der Waals surface area contributed by atoms with Gasteiger partial charge in [0.05, 0.1) is 4.90 Å². The van der Waals surface area contributed by atoms with Crippen LogP contribution in [0.4, 0.5) is 0 Å². The highest BCUT2D eigenvalue weighted by Gasteiger charge is 2.07. The first kappa shape index (κ1) is 16.2. The van der Waals surface area contributed by atoms with Crippen molar-refractivity contribution in [3.63, 3.8) is 0 Å². The fourth-order valence-corrected chi connectivity index (χ4v) is 2.85. The number of sulfonamides is 1. The van der Waals surface area contributed by atoms with Crippen LogP contribution in [0.15, 0.2) is 62.6 Å². The van der Waals surface area contributed by atoms with Gasteiger partial charge < -0.3 is 9.15 Å². The van der Waals surface area contributed by atoms with E-state index in [2.05, 4.69) is 0 Å². The molecule has 7 heteroatoms. The molecule has 2 N–H and O–H groups in total. The van der Waals surface area contributed by atoms with Crippen molar-refractivity contribution in [2.75, 3.05) is 0 Å². The standard InChI is InChI=1S/C17H15NO5S/c1-11-8-17(19)23-16-9-13(4-7-15(11)16)22-10-12-2-5-14(6-3-12)24(18,20)21/h2-9H,10H2,1H3,(H2,18,20,21). The van der Waals surface area contributed by atoms with Crippen molar-refractivity contribution in [2.45, 2.75) is 18.4 Å². The Morgan fingerprint density at radius 1 is 1.08 bits per heavy atom. The summed E-state index contributed by atoms with van der Waals surface area (Å²) in [6.07, 6.45) is 0. The quantitative estimate of drug-likeness (QED) is 0.732. The molecule has 3 rings (SSSR count). The van der Waals surface area contributed by atoms with Gasteiger partial charge in [-0.2, -0.15) is 0 Å². The minimum absolute atomic E-state index is 0.0502. The molecule has 0 saturated heterocycles. The first-order valence-electron chi connectivity index (χ1n) is 7.12. The Bertz CT molecular complexity index is 1050. The second-order valence-corrected chi connectivity index (χ2v) is 6.95. The monoisotopic (exact) mass is 345 g/mol. The molecule has 0 bridgehead atoms. The molecule has 124 valence electrons. The molecule has 1 aromatic heterocycles. The Morgan fingerprint density at radius 2 is 1.79 bits per heavy atom. The summed E-state index contributed by atoms with van der Waals surface area (Å²) in [5.41, 5.74) is 1.68. The largest absolute Gasteiger partial charge is 0.489 e. The predicted octanol–water partition coefficient (Wildman–Crippen LogP) is 2.33. The summed E-state index contributed by atoms with van der Waals surface area (Å²) in [7, 11) is -3.70. The Morgan fingerprint density at radius 3 is 2.46 bits per heavy atom. The normalized spacial score (nSPS) is 11.6. The fraction of sp³-hybridized carbons (Fsp3) is 0.118.